The van der Waals surface area contributed by atoms with Gasteiger partial charge in [-0.2, -0.15) is 18.4 Å². The van der Waals surface area contributed by atoms with Gasteiger partial charge in [-0.3, -0.25) is 14.6 Å². The highest BCUT2D eigenvalue weighted by atomic mass is 32.2. The number of carbonyl (C=O) groups excluding carboxylic acids is 1. The van der Waals surface area contributed by atoms with Crippen molar-refractivity contribution in [2.45, 2.75) is 17.7 Å². The number of thioether (sulfide) groups is 1. The summed E-state index contributed by atoms with van der Waals surface area (Å²) in [6.45, 7) is 0.807. The van der Waals surface area contributed by atoms with Crippen LogP contribution < -0.4 is 10.00 Å². The minimum atomic E-state index is -4.74. The molecule has 1 amide bonds. The van der Waals surface area contributed by atoms with Crippen molar-refractivity contribution in [3.05, 3.63) is 40.9 Å². The van der Waals surface area contributed by atoms with Crippen molar-refractivity contribution in [2.75, 3.05) is 24.8 Å². The lowest BCUT2D eigenvalue weighted by atomic mass is 10.1. The minimum absolute atomic E-state index is 0.0680. The second-order valence-electron chi connectivity index (χ2n) is 5.98. The molecule has 0 spiro atoms. The number of anilines is 1. The highest BCUT2D eigenvalue weighted by Crippen LogP contribution is 2.38. The highest BCUT2D eigenvalue weighted by molar-refractivity contribution is 8.00. The van der Waals surface area contributed by atoms with Crippen molar-refractivity contribution >= 4 is 34.9 Å². The van der Waals surface area contributed by atoms with Gasteiger partial charge < -0.3 is 4.74 Å². The number of nitrogens with zero attached hydrogens (tertiary/aromatic N) is 4. The SMILES string of the molecule is COCC[n+]1cc(NC(=O)CSc2nc(-c3cccs3)cc(C(F)(F)F)c2C#N)on1. The van der Waals surface area contributed by atoms with Gasteiger partial charge in [0, 0.05) is 7.11 Å². The first-order chi connectivity index (χ1) is 14.8. The van der Waals surface area contributed by atoms with Crippen LogP contribution in [0.2, 0.25) is 0 Å². The lowest BCUT2D eigenvalue weighted by Crippen LogP contribution is -2.36. The number of alkyl halides is 3. The molecule has 0 aliphatic rings. The molecule has 0 saturated carbocycles. The van der Waals surface area contributed by atoms with Crippen LogP contribution in [0.25, 0.3) is 10.6 Å². The van der Waals surface area contributed by atoms with Gasteiger partial charge in [0.1, 0.15) is 17.7 Å². The summed E-state index contributed by atoms with van der Waals surface area (Å²) in [5.41, 5.74) is -1.63. The number of ether oxygens (including phenoxy) is 1. The van der Waals surface area contributed by atoms with Crippen molar-refractivity contribution in [3.8, 4) is 16.6 Å². The summed E-state index contributed by atoms with van der Waals surface area (Å²) in [7, 11) is 1.53. The molecule has 0 radical (unpaired) electrons. The zero-order chi connectivity index (χ0) is 22.4. The minimum Gasteiger partial charge on any atom is -0.378 e. The van der Waals surface area contributed by atoms with Gasteiger partial charge in [-0.15, -0.1) is 11.3 Å². The zero-order valence-electron chi connectivity index (χ0n) is 16.0. The zero-order valence-corrected chi connectivity index (χ0v) is 17.6. The van der Waals surface area contributed by atoms with Crippen molar-refractivity contribution in [3.63, 3.8) is 0 Å². The lowest BCUT2D eigenvalue weighted by molar-refractivity contribution is -0.763. The number of amides is 1. The fourth-order valence-corrected chi connectivity index (χ4v) is 3.93. The standard InChI is InChI=1S/C18H14F3N5O3S2/c1-28-5-4-26-9-16(29-25-26)24-15(27)10-31-17-11(8-22)12(18(19,20)21)7-13(23-17)14-3-2-6-30-14/h2-3,6-7,9H,4-5,10H2,1H3/p+1. The summed E-state index contributed by atoms with van der Waals surface area (Å²) in [4.78, 5) is 16.9. The predicted octanol–water partition coefficient (Wildman–Crippen LogP) is 3.35. The van der Waals surface area contributed by atoms with E-state index in [1.54, 1.807) is 23.6 Å². The third kappa shape index (κ3) is 5.81. The fourth-order valence-electron chi connectivity index (χ4n) is 2.44. The summed E-state index contributed by atoms with van der Waals surface area (Å²) >= 11 is 1.95. The number of carbonyl (C=O) groups is 1. The Morgan fingerprint density at radius 3 is 2.94 bits per heavy atom. The Morgan fingerprint density at radius 2 is 2.29 bits per heavy atom. The van der Waals surface area contributed by atoms with Crippen LogP contribution in [0.4, 0.5) is 19.1 Å². The van der Waals surface area contributed by atoms with Crippen LogP contribution in [-0.4, -0.2) is 35.6 Å². The van der Waals surface area contributed by atoms with E-state index in [4.69, 9.17) is 9.26 Å². The molecule has 0 aromatic carbocycles. The molecule has 1 N–H and O–H groups in total. The van der Waals surface area contributed by atoms with E-state index in [1.807, 2.05) is 0 Å². The van der Waals surface area contributed by atoms with Crippen LogP contribution in [0.15, 0.2) is 39.3 Å². The molecule has 3 aromatic heterocycles. The molecule has 8 nitrogen and oxygen atoms in total. The van der Waals surface area contributed by atoms with Gasteiger partial charge in [-0.25, -0.2) is 4.98 Å². The molecule has 0 atom stereocenters. The molecule has 3 heterocycles. The van der Waals surface area contributed by atoms with Crippen molar-refractivity contribution < 1.29 is 31.9 Å². The number of pyridine rings is 1. The van der Waals surface area contributed by atoms with Crippen LogP contribution >= 0.6 is 23.1 Å². The van der Waals surface area contributed by atoms with Gasteiger partial charge in [0.05, 0.1) is 27.5 Å². The molecule has 3 aromatic rings. The first-order valence-corrected chi connectivity index (χ1v) is 10.5. The summed E-state index contributed by atoms with van der Waals surface area (Å²) in [6, 6.07) is 5.73. The molecule has 31 heavy (non-hydrogen) atoms. The maximum atomic E-state index is 13.5. The van der Waals surface area contributed by atoms with E-state index in [2.05, 4.69) is 15.6 Å². The number of halogens is 3. The number of thiophene rings is 1. The number of hydrogen-bond donors (Lipinski definition) is 1. The van der Waals surface area contributed by atoms with Gasteiger partial charge in [0.25, 0.3) is 6.20 Å². The van der Waals surface area contributed by atoms with E-state index >= 15 is 0 Å². The second-order valence-corrected chi connectivity index (χ2v) is 7.89. The van der Waals surface area contributed by atoms with E-state index in [0.29, 0.717) is 18.0 Å². The highest BCUT2D eigenvalue weighted by Gasteiger charge is 2.36. The molecule has 0 aliphatic heterocycles. The molecular formula is C18H15F3N5O3S2+. The Kier molecular flexibility index (Phi) is 7.26. The van der Waals surface area contributed by atoms with E-state index in [9.17, 15) is 23.2 Å². The van der Waals surface area contributed by atoms with Gasteiger partial charge in [0.2, 0.25) is 17.7 Å². The number of aromatic nitrogens is 3. The van der Waals surface area contributed by atoms with E-state index in [1.165, 1.54) is 29.3 Å². The monoisotopic (exact) mass is 470 g/mol. The van der Waals surface area contributed by atoms with E-state index in [0.717, 1.165) is 17.8 Å². The van der Waals surface area contributed by atoms with Gasteiger partial charge >= 0.3 is 12.1 Å². The second kappa shape index (κ2) is 9.90. The third-order valence-electron chi connectivity index (χ3n) is 3.81. The molecular weight excluding hydrogens is 455 g/mol. The third-order valence-corrected chi connectivity index (χ3v) is 5.68. The first kappa shape index (κ1) is 22.7. The number of rotatable bonds is 8. The van der Waals surface area contributed by atoms with Gasteiger partial charge in [-0.05, 0) is 22.2 Å². The van der Waals surface area contributed by atoms with Crippen molar-refractivity contribution in [1.29, 1.82) is 5.26 Å². The van der Waals surface area contributed by atoms with Crippen LogP contribution in [-0.2, 0) is 22.3 Å². The average Bonchev–Trinajstić information content (AvgIpc) is 3.41. The Bertz CT molecular complexity index is 1090. The molecule has 0 aliphatic carbocycles. The topological polar surface area (TPSA) is 105 Å². The largest absolute Gasteiger partial charge is 0.417 e. The van der Waals surface area contributed by atoms with Crippen LogP contribution in [0, 0.1) is 11.3 Å². The molecule has 0 saturated heterocycles. The summed E-state index contributed by atoms with van der Waals surface area (Å²) in [5.74, 6) is -0.773. The lowest BCUT2D eigenvalue weighted by Gasteiger charge is -2.13. The average molecular weight is 470 g/mol. The predicted molar refractivity (Wildman–Crippen MR) is 105 cm³/mol. The maximum absolute atomic E-state index is 13.5. The van der Waals surface area contributed by atoms with Crippen molar-refractivity contribution in [1.82, 2.24) is 10.3 Å². The fraction of sp³-hybridized carbons (Fsp3) is 0.278. The Hall–Kier alpha value is -2.95. The summed E-state index contributed by atoms with van der Waals surface area (Å²) in [6.07, 6.45) is -3.30. The number of hydrogen-bond acceptors (Lipinski definition) is 8. The van der Waals surface area contributed by atoms with Crippen LogP contribution in [0.3, 0.4) is 0 Å². The summed E-state index contributed by atoms with van der Waals surface area (Å²) in [5, 5.41) is 17.0. The molecule has 0 fully saturated rings. The molecule has 162 valence electrons. The van der Waals surface area contributed by atoms with Crippen molar-refractivity contribution in [2.24, 2.45) is 0 Å². The quantitative estimate of drug-likeness (QED) is 0.398. The first-order valence-electron chi connectivity index (χ1n) is 8.66. The Morgan fingerprint density at radius 1 is 1.48 bits per heavy atom. The smallest absolute Gasteiger partial charge is 0.378 e. The van der Waals surface area contributed by atoms with E-state index < -0.39 is 23.2 Å². The van der Waals surface area contributed by atoms with Gasteiger partial charge in [0.15, 0.2) is 0 Å². The normalized spacial score (nSPS) is 11.3. The number of methoxy groups -OCH3 is 1. The maximum Gasteiger partial charge on any atom is 0.417 e. The van der Waals surface area contributed by atoms with Crippen LogP contribution in [0.1, 0.15) is 11.1 Å². The molecule has 3 rings (SSSR count). The molecule has 13 heteroatoms. The summed E-state index contributed by atoms with van der Waals surface area (Å²) < 4.78 is 51.8. The number of nitrogens with one attached hydrogen (secondary N) is 1. The molecule has 0 bridgehead atoms. The Balaban J connectivity index is 1.78. The Labute approximate surface area is 182 Å². The van der Waals surface area contributed by atoms with Crippen LogP contribution in [0.5, 0.6) is 0 Å². The molecule has 0 unspecified atom stereocenters. The van der Waals surface area contributed by atoms with E-state index in [-0.39, 0.29) is 22.4 Å². The van der Waals surface area contributed by atoms with Gasteiger partial charge in [-0.1, -0.05) is 17.8 Å². The number of nitriles is 1.